The number of nitrogens with zero attached hydrogens (tertiary/aromatic N) is 1. The molecule has 0 aromatic heterocycles. The molecule has 0 radical (unpaired) electrons. The van der Waals surface area contributed by atoms with Gasteiger partial charge in [0.2, 0.25) is 5.91 Å². The molecule has 0 bridgehead atoms. The summed E-state index contributed by atoms with van der Waals surface area (Å²) in [7, 11) is 0. The van der Waals surface area contributed by atoms with Crippen LogP contribution in [-0.4, -0.2) is 36.0 Å². The Hall–Kier alpha value is -0.570. The lowest BCUT2D eigenvalue weighted by Gasteiger charge is -2.27. The van der Waals surface area contributed by atoms with Crippen molar-refractivity contribution in [3.8, 4) is 0 Å². The van der Waals surface area contributed by atoms with Gasteiger partial charge in [-0.3, -0.25) is 4.79 Å². The van der Waals surface area contributed by atoms with Crippen LogP contribution in [0.25, 0.3) is 0 Å². The lowest BCUT2D eigenvalue weighted by molar-refractivity contribution is -0.134. The van der Waals surface area contributed by atoms with Crippen molar-refractivity contribution >= 4 is 5.91 Å². The maximum atomic E-state index is 12.1. The lowest BCUT2D eigenvalue weighted by Crippen LogP contribution is -2.39. The molecule has 1 saturated heterocycles. The highest BCUT2D eigenvalue weighted by Gasteiger charge is 2.35. The third-order valence-electron chi connectivity index (χ3n) is 3.41. The van der Waals surface area contributed by atoms with Gasteiger partial charge in [-0.25, -0.2) is 0 Å². The summed E-state index contributed by atoms with van der Waals surface area (Å²) >= 11 is 0. The summed E-state index contributed by atoms with van der Waals surface area (Å²) in [4.78, 5) is 14.2. The number of nitrogens with one attached hydrogen (secondary N) is 1. The van der Waals surface area contributed by atoms with E-state index >= 15 is 0 Å². The minimum absolute atomic E-state index is 0.374. The summed E-state index contributed by atoms with van der Waals surface area (Å²) in [6.07, 6.45) is 4.35. The van der Waals surface area contributed by atoms with Crippen molar-refractivity contribution in [2.75, 3.05) is 13.1 Å². The first-order chi connectivity index (χ1) is 7.18. The Bertz CT molecular complexity index is 228. The Labute approximate surface area is 92.2 Å². The van der Waals surface area contributed by atoms with Crippen LogP contribution in [0.2, 0.25) is 0 Å². The van der Waals surface area contributed by atoms with Gasteiger partial charge >= 0.3 is 0 Å². The number of carbonyl (C=O) groups excluding carboxylic acids is 1. The second-order valence-corrected chi connectivity index (χ2v) is 5.19. The molecule has 1 heterocycles. The first kappa shape index (κ1) is 10.9. The van der Waals surface area contributed by atoms with Crippen LogP contribution in [0.15, 0.2) is 0 Å². The molecule has 1 N–H and O–H groups in total. The van der Waals surface area contributed by atoms with E-state index in [1.807, 2.05) is 0 Å². The normalized spacial score (nSPS) is 25.9. The molecule has 86 valence electrons. The second-order valence-electron chi connectivity index (χ2n) is 5.19. The molecule has 0 aromatic carbocycles. The van der Waals surface area contributed by atoms with Crippen LogP contribution in [-0.2, 0) is 4.79 Å². The fourth-order valence-electron chi connectivity index (χ4n) is 2.51. The largest absolute Gasteiger partial charge is 0.337 e. The van der Waals surface area contributed by atoms with Crippen molar-refractivity contribution < 1.29 is 4.79 Å². The highest BCUT2D eigenvalue weighted by molar-refractivity contribution is 5.77. The third-order valence-corrected chi connectivity index (χ3v) is 3.41. The maximum Gasteiger partial charge on any atom is 0.223 e. The van der Waals surface area contributed by atoms with Crippen molar-refractivity contribution in [2.45, 2.75) is 51.6 Å². The highest BCUT2D eigenvalue weighted by Crippen LogP contribution is 2.30. The smallest absolute Gasteiger partial charge is 0.223 e. The zero-order valence-electron chi connectivity index (χ0n) is 9.83. The molecule has 0 spiro atoms. The van der Waals surface area contributed by atoms with Crippen LogP contribution < -0.4 is 5.32 Å². The number of hydrogen-bond acceptors (Lipinski definition) is 2. The Morgan fingerprint density at radius 1 is 1.40 bits per heavy atom. The van der Waals surface area contributed by atoms with Gasteiger partial charge in [0.15, 0.2) is 0 Å². The van der Waals surface area contributed by atoms with Crippen LogP contribution in [0.1, 0.15) is 39.5 Å². The van der Waals surface area contributed by atoms with Crippen molar-refractivity contribution in [2.24, 2.45) is 5.92 Å². The Balaban J connectivity index is 1.86. The van der Waals surface area contributed by atoms with Crippen molar-refractivity contribution in [1.29, 1.82) is 0 Å². The van der Waals surface area contributed by atoms with E-state index in [0.29, 0.717) is 23.9 Å². The molecule has 1 aliphatic heterocycles. The summed E-state index contributed by atoms with van der Waals surface area (Å²) in [5.74, 6) is 0.957. The SMILES string of the molecule is CC(C)N(C(=O)CC1CCNC1)C1CC1. The average Bonchev–Trinajstić information content (AvgIpc) is 2.83. The van der Waals surface area contributed by atoms with Gasteiger partial charge in [0.05, 0.1) is 0 Å². The molecule has 15 heavy (non-hydrogen) atoms. The Morgan fingerprint density at radius 3 is 2.60 bits per heavy atom. The molecule has 2 aliphatic rings. The van der Waals surface area contributed by atoms with Crippen LogP contribution in [0.5, 0.6) is 0 Å². The van der Waals surface area contributed by atoms with Gasteiger partial charge in [-0.1, -0.05) is 0 Å². The maximum absolute atomic E-state index is 12.1. The van der Waals surface area contributed by atoms with Crippen molar-refractivity contribution in [1.82, 2.24) is 10.2 Å². The molecule has 1 saturated carbocycles. The predicted molar refractivity (Wildman–Crippen MR) is 60.6 cm³/mol. The van der Waals surface area contributed by atoms with E-state index in [-0.39, 0.29) is 0 Å². The van der Waals surface area contributed by atoms with Gasteiger partial charge < -0.3 is 10.2 Å². The van der Waals surface area contributed by atoms with Crippen LogP contribution in [0.3, 0.4) is 0 Å². The van der Waals surface area contributed by atoms with E-state index in [2.05, 4.69) is 24.1 Å². The summed E-state index contributed by atoms with van der Waals surface area (Å²) in [5.41, 5.74) is 0. The summed E-state index contributed by atoms with van der Waals surface area (Å²) in [5, 5.41) is 3.32. The molecule has 1 atom stereocenters. The van der Waals surface area contributed by atoms with E-state index in [1.54, 1.807) is 0 Å². The monoisotopic (exact) mass is 210 g/mol. The average molecular weight is 210 g/mol. The first-order valence-electron chi connectivity index (χ1n) is 6.20. The fraction of sp³-hybridized carbons (Fsp3) is 0.917. The highest BCUT2D eigenvalue weighted by atomic mass is 16.2. The minimum Gasteiger partial charge on any atom is -0.337 e. The molecular weight excluding hydrogens is 188 g/mol. The Kier molecular flexibility index (Phi) is 3.29. The van der Waals surface area contributed by atoms with E-state index in [4.69, 9.17) is 0 Å². The molecule has 1 aliphatic carbocycles. The number of amides is 1. The summed E-state index contributed by atoms with van der Waals surface area (Å²) in [6, 6.07) is 0.936. The van der Waals surface area contributed by atoms with E-state index in [0.717, 1.165) is 19.5 Å². The molecule has 1 amide bonds. The van der Waals surface area contributed by atoms with Gasteiger partial charge in [-0.05, 0) is 52.1 Å². The number of hydrogen-bond donors (Lipinski definition) is 1. The van der Waals surface area contributed by atoms with Gasteiger partial charge in [-0.15, -0.1) is 0 Å². The molecular formula is C12H22N2O. The van der Waals surface area contributed by atoms with Gasteiger partial charge in [0, 0.05) is 18.5 Å². The van der Waals surface area contributed by atoms with Crippen LogP contribution in [0, 0.1) is 5.92 Å². The standard InChI is InChI=1S/C12H22N2O/c1-9(2)14(11-3-4-11)12(15)7-10-5-6-13-8-10/h9-11,13H,3-8H2,1-2H3. The van der Waals surface area contributed by atoms with E-state index < -0.39 is 0 Å². The lowest BCUT2D eigenvalue weighted by atomic mass is 10.0. The topological polar surface area (TPSA) is 32.3 Å². The third kappa shape index (κ3) is 2.71. The van der Waals surface area contributed by atoms with Crippen LogP contribution in [0.4, 0.5) is 0 Å². The van der Waals surface area contributed by atoms with Crippen molar-refractivity contribution in [3.63, 3.8) is 0 Å². The number of carbonyl (C=O) groups is 1. The van der Waals surface area contributed by atoms with Crippen molar-refractivity contribution in [3.05, 3.63) is 0 Å². The van der Waals surface area contributed by atoms with E-state index in [9.17, 15) is 4.79 Å². The first-order valence-corrected chi connectivity index (χ1v) is 6.20. The summed E-state index contributed by atoms with van der Waals surface area (Å²) in [6.45, 7) is 6.37. The summed E-state index contributed by atoms with van der Waals surface area (Å²) < 4.78 is 0. The minimum atomic E-state index is 0.374. The molecule has 1 unspecified atom stereocenters. The molecule has 2 fully saturated rings. The zero-order valence-corrected chi connectivity index (χ0v) is 9.83. The van der Waals surface area contributed by atoms with Gasteiger partial charge in [0.1, 0.15) is 0 Å². The van der Waals surface area contributed by atoms with Crippen LogP contribution >= 0.6 is 0 Å². The van der Waals surface area contributed by atoms with Gasteiger partial charge in [0.25, 0.3) is 0 Å². The van der Waals surface area contributed by atoms with Gasteiger partial charge in [-0.2, -0.15) is 0 Å². The van der Waals surface area contributed by atoms with E-state index in [1.165, 1.54) is 19.3 Å². The molecule has 3 nitrogen and oxygen atoms in total. The Morgan fingerprint density at radius 2 is 2.13 bits per heavy atom. The number of rotatable bonds is 4. The second kappa shape index (κ2) is 4.52. The molecule has 0 aromatic rings. The zero-order chi connectivity index (χ0) is 10.8. The molecule has 3 heteroatoms. The quantitative estimate of drug-likeness (QED) is 0.760. The predicted octanol–water partition coefficient (Wildman–Crippen LogP) is 1.39. The molecule has 2 rings (SSSR count). The fourth-order valence-corrected chi connectivity index (χ4v) is 2.51.